The van der Waals surface area contributed by atoms with Gasteiger partial charge in [-0.25, -0.2) is 4.79 Å². The summed E-state index contributed by atoms with van der Waals surface area (Å²) in [4.78, 5) is 36.9. The number of hydrogen-bond acceptors (Lipinski definition) is 4. The van der Waals surface area contributed by atoms with Crippen LogP contribution in [0.25, 0.3) is 0 Å². The third-order valence-corrected chi connectivity index (χ3v) is 3.48. The highest BCUT2D eigenvalue weighted by Gasteiger charge is 2.26. The van der Waals surface area contributed by atoms with Gasteiger partial charge in [-0.2, -0.15) is 0 Å². The van der Waals surface area contributed by atoms with Gasteiger partial charge in [-0.05, 0) is 39.0 Å². The number of nitrogens with one attached hydrogen (secondary N) is 1. The Bertz CT molecular complexity index is 623. The number of amides is 2. The van der Waals surface area contributed by atoms with Crippen molar-refractivity contribution in [2.45, 2.75) is 33.2 Å². The van der Waals surface area contributed by atoms with Gasteiger partial charge in [0.25, 0.3) is 0 Å². The normalized spacial score (nSPS) is 10.9. The summed E-state index contributed by atoms with van der Waals surface area (Å²) in [6, 6.07) is 4.43. The predicted molar refractivity (Wildman–Crippen MR) is 88.6 cm³/mol. The van der Waals surface area contributed by atoms with Gasteiger partial charge in [0, 0.05) is 12.5 Å². The minimum atomic E-state index is -0.530. The SMILES string of the molecule is COC(=O)c1ccc(Cl)c(NC(=O)CN(C(C)=O)C(C)(C)C)c1. The number of ether oxygens (including phenoxy) is 1. The van der Waals surface area contributed by atoms with Crippen LogP contribution >= 0.6 is 11.6 Å². The Morgan fingerprint density at radius 3 is 2.35 bits per heavy atom. The first kappa shape index (κ1) is 19.0. The number of anilines is 1. The van der Waals surface area contributed by atoms with Crippen LogP contribution in [0.15, 0.2) is 18.2 Å². The molecule has 0 atom stereocenters. The van der Waals surface area contributed by atoms with Gasteiger partial charge < -0.3 is 15.0 Å². The van der Waals surface area contributed by atoms with Crippen LogP contribution in [0.3, 0.4) is 0 Å². The minimum Gasteiger partial charge on any atom is -0.465 e. The monoisotopic (exact) mass is 340 g/mol. The smallest absolute Gasteiger partial charge is 0.337 e. The second-order valence-electron chi connectivity index (χ2n) is 6.01. The van der Waals surface area contributed by atoms with Gasteiger partial charge in [0.15, 0.2) is 0 Å². The molecule has 2 amide bonds. The highest BCUT2D eigenvalue weighted by molar-refractivity contribution is 6.33. The Kier molecular flexibility index (Phi) is 6.15. The van der Waals surface area contributed by atoms with Gasteiger partial charge in [0.05, 0.1) is 23.4 Å². The van der Waals surface area contributed by atoms with Crippen molar-refractivity contribution in [3.8, 4) is 0 Å². The van der Waals surface area contributed by atoms with Crippen LogP contribution < -0.4 is 5.32 Å². The number of nitrogens with zero attached hydrogens (tertiary/aromatic N) is 1. The number of esters is 1. The van der Waals surface area contributed by atoms with E-state index in [0.29, 0.717) is 0 Å². The topological polar surface area (TPSA) is 75.7 Å². The molecule has 7 heteroatoms. The van der Waals surface area contributed by atoms with E-state index in [0.717, 1.165) is 0 Å². The van der Waals surface area contributed by atoms with E-state index in [1.54, 1.807) is 0 Å². The standard InChI is InChI=1S/C16H21ClN2O4/c1-10(20)19(16(2,3)4)9-14(21)18-13-8-11(15(22)23-5)6-7-12(13)17/h6-8H,9H2,1-5H3,(H,18,21). The number of carbonyl (C=O) groups is 3. The first-order valence-electron chi connectivity index (χ1n) is 7.02. The number of halogens is 1. The molecule has 1 aromatic rings. The zero-order valence-corrected chi connectivity index (χ0v) is 14.7. The van der Waals surface area contributed by atoms with Crippen molar-refractivity contribution in [2.75, 3.05) is 19.0 Å². The number of carbonyl (C=O) groups excluding carboxylic acids is 3. The van der Waals surface area contributed by atoms with Gasteiger partial charge >= 0.3 is 5.97 Å². The fraction of sp³-hybridized carbons (Fsp3) is 0.438. The van der Waals surface area contributed by atoms with E-state index in [1.165, 1.54) is 37.1 Å². The maximum Gasteiger partial charge on any atom is 0.337 e. The quantitative estimate of drug-likeness (QED) is 0.855. The van der Waals surface area contributed by atoms with Gasteiger partial charge in [-0.3, -0.25) is 9.59 Å². The number of hydrogen-bond donors (Lipinski definition) is 1. The van der Waals surface area contributed by atoms with E-state index in [2.05, 4.69) is 10.1 Å². The first-order valence-corrected chi connectivity index (χ1v) is 7.40. The van der Waals surface area contributed by atoms with Crippen LogP contribution in [0.2, 0.25) is 5.02 Å². The summed E-state index contributed by atoms with van der Waals surface area (Å²) in [6.45, 7) is 6.81. The molecule has 6 nitrogen and oxygen atoms in total. The molecule has 0 spiro atoms. The van der Waals surface area contributed by atoms with Crippen molar-refractivity contribution >= 4 is 35.1 Å². The molecule has 0 fully saturated rings. The van der Waals surface area contributed by atoms with Crippen LogP contribution in [0.4, 0.5) is 5.69 Å². The fourth-order valence-electron chi connectivity index (χ4n) is 2.02. The van der Waals surface area contributed by atoms with E-state index in [-0.39, 0.29) is 28.7 Å². The molecule has 0 saturated carbocycles. The number of benzene rings is 1. The van der Waals surface area contributed by atoms with Gasteiger partial charge in [0.1, 0.15) is 6.54 Å². The van der Waals surface area contributed by atoms with E-state index in [1.807, 2.05) is 20.8 Å². The molecule has 1 aromatic carbocycles. The molecule has 1 N–H and O–H groups in total. The Morgan fingerprint density at radius 2 is 1.87 bits per heavy atom. The summed E-state index contributed by atoms with van der Waals surface area (Å²) in [7, 11) is 1.27. The maximum absolute atomic E-state index is 12.2. The van der Waals surface area contributed by atoms with Gasteiger partial charge in [-0.1, -0.05) is 11.6 Å². The average molecular weight is 341 g/mol. The molecule has 0 bridgehead atoms. The zero-order chi connectivity index (χ0) is 17.8. The van der Waals surface area contributed by atoms with Crippen molar-refractivity contribution in [2.24, 2.45) is 0 Å². The summed E-state index contributed by atoms with van der Waals surface area (Å²) in [5.74, 6) is -1.14. The van der Waals surface area contributed by atoms with E-state index in [4.69, 9.17) is 11.6 Å². The number of methoxy groups -OCH3 is 1. The van der Waals surface area contributed by atoms with Crippen molar-refractivity contribution in [3.05, 3.63) is 28.8 Å². The molecule has 126 valence electrons. The van der Waals surface area contributed by atoms with E-state index >= 15 is 0 Å². The van der Waals surface area contributed by atoms with E-state index < -0.39 is 17.4 Å². The lowest BCUT2D eigenvalue weighted by atomic mass is 10.1. The Morgan fingerprint density at radius 1 is 1.26 bits per heavy atom. The summed E-state index contributed by atoms with van der Waals surface area (Å²) in [5.41, 5.74) is 0.0734. The van der Waals surface area contributed by atoms with Crippen LogP contribution in [-0.4, -0.2) is 41.9 Å². The summed E-state index contributed by atoms with van der Waals surface area (Å²) in [6.07, 6.45) is 0. The lowest BCUT2D eigenvalue weighted by Gasteiger charge is -2.34. The first-order chi connectivity index (χ1) is 10.6. The Hall–Kier alpha value is -2.08. The summed E-state index contributed by atoms with van der Waals surface area (Å²) in [5, 5.41) is 2.90. The summed E-state index contributed by atoms with van der Waals surface area (Å²) < 4.78 is 4.63. The third-order valence-electron chi connectivity index (χ3n) is 3.15. The molecular formula is C16H21ClN2O4. The minimum absolute atomic E-state index is 0.113. The molecule has 0 unspecified atom stereocenters. The fourth-order valence-corrected chi connectivity index (χ4v) is 2.18. The number of rotatable bonds is 4. The van der Waals surface area contributed by atoms with Crippen molar-refractivity contribution < 1.29 is 19.1 Å². The molecular weight excluding hydrogens is 320 g/mol. The largest absolute Gasteiger partial charge is 0.465 e. The second-order valence-corrected chi connectivity index (χ2v) is 6.42. The molecule has 0 radical (unpaired) electrons. The average Bonchev–Trinajstić information content (AvgIpc) is 2.44. The van der Waals surface area contributed by atoms with Crippen LogP contribution in [-0.2, 0) is 14.3 Å². The molecule has 0 aromatic heterocycles. The zero-order valence-electron chi connectivity index (χ0n) is 13.9. The second kappa shape index (κ2) is 7.46. The van der Waals surface area contributed by atoms with Gasteiger partial charge in [0.2, 0.25) is 11.8 Å². The molecule has 1 rings (SSSR count). The lowest BCUT2D eigenvalue weighted by molar-refractivity contribution is -0.137. The molecule has 23 heavy (non-hydrogen) atoms. The molecule has 0 aliphatic carbocycles. The van der Waals surface area contributed by atoms with Crippen molar-refractivity contribution in [1.82, 2.24) is 4.90 Å². The van der Waals surface area contributed by atoms with Gasteiger partial charge in [-0.15, -0.1) is 0 Å². The lowest BCUT2D eigenvalue weighted by Crippen LogP contribution is -2.48. The maximum atomic E-state index is 12.2. The molecule has 0 saturated heterocycles. The van der Waals surface area contributed by atoms with Crippen LogP contribution in [0.1, 0.15) is 38.1 Å². The third kappa shape index (κ3) is 5.25. The highest BCUT2D eigenvalue weighted by Crippen LogP contribution is 2.24. The van der Waals surface area contributed by atoms with E-state index in [9.17, 15) is 14.4 Å². The predicted octanol–water partition coefficient (Wildman–Crippen LogP) is 2.71. The van der Waals surface area contributed by atoms with Crippen LogP contribution in [0, 0.1) is 0 Å². The van der Waals surface area contributed by atoms with Crippen molar-refractivity contribution in [3.63, 3.8) is 0 Å². The Balaban J connectivity index is 2.93. The molecule has 0 aliphatic rings. The molecule has 0 aliphatic heterocycles. The van der Waals surface area contributed by atoms with Crippen molar-refractivity contribution in [1.29, 1.82) is 0 Å². The van der Waals surface area contributed by atoms with Crippen LogP contribution in [0.5, 0.6) is 0 Å². The Labute approximate surface area is 140 Å². The highest BCUT2D eigenvalue weighted by atomic mass is 35.5. The molecule has 0 heterocycles. The summed E-state index contributed by atoms with van der Waals surface area (Å²) >= 11 is 6.03.